The van der Waals surface area contributed by atoms with Crippen molar-refractivity contribution in [2.45, 2.75) is 41.8 Å². The molecule has 0 radical (unpaired) electrons. The van der Waals surface area contributed by atoms with E-state index in [0.29, 0.717) is 0 Å². The topological polar surface area (TPSA) is 200 Å². The van der Waals surface area contributed by atoms with Gasteiger partial charge in [0.2, 0.25) is 5.91 Å². The second-order valence-electron chi connectivity index (χ2n) is 6.19. The molecule has 15 heteroatoms. The maximum atomic E-state index is 12.7. The van der Waals surface area contributed by atoms with Gasteiger partial charge in [0.05, 0.1) is 22.9 Å². The molecule has 2 aromatic rings. The molecule has 2 atom stereocenters. The molecule has 1 aromatic heterocycles. The lowest BCUT2D eigenvalue weighted by molar-refractivity contribution is -0.832. The minimum absolute atomic E-state index is 0.262. The van der Waals surface area contributed by atoms with Crippen LogP contribution in [-0.2, 0) is 24.2 Å². The van der Waals surface area contributed by atoms with Crippen molar-refractivity contribution in [3.05, 3.63) is 34.5 Å². The van der Waals surface area contributed by atoms with Crippen LogP contribution in [0.2, 0.25) is 5.02 Å². The molecule has 168 valence electrons. The van der Waals surface area contributed by atoms with Crippen molar-refractivity contribution in [2.75, 3.05) is 0 Å². The summed E-state index contributed by atoms with van der Waals surface area (Å²) < 4.78 is 35.0. The van der Waals surface area contributed by atoms with E-state index in [1.165, 1.54) is 19.1 Å². The normalized spacial score (nSPS) is 13.2. The number of carboxylic acids is 2. The Bertz CT molecular complexity index is 1080. The lowest BCUT2D eigenvalue weighted by Gasteiger charge is -2.15. The maximum Gasteiger partial charge on any atom is 0.415 e. The van der Waals surface area contributed by atoms with Gasteiger partial charge in [0.15, 0.2) is 0 Å². The summed E-state index contributed by atoms with van der Waals surface area (Å²) >= 11 is 5.73. The SMILES string of the molecule is CC(CC(=O)N[C@@H](CC(=O)O)C(=O)O)Oc1no[n+]([O-])c1S(=O)(=O)c1ccc(Cl)cc1. The van der Waals surface area contributed by atoms with E-state index < -0.39 is 63.6 Å². The number of halogens is 1. The van der Waals surface area contributed by atoms with Crippen molar-refractivity contribution < 1.29 is 47.3 Å². The Kier molecular flexibility index (Phi) is 7.41. The number of ether oxygens (including phenoxy) is 1. The van der Waals surface area contributed by atoms with Crippen molar-refractivity contribution in [2.24, 2.45) is 0 Å². The number of aliphatic carboxylic acids is 2. The van der Waals surface area contributed by atoms with E-state index in [9.17, 15) is 28.0 Å². The largest absolute Gasteiger partial charge is 0.481 e. The first-order valence-corrected chi connectivity index (χ1v) is 10.3. The van der Waals surface area contributed by atoms with Gasteiger partial charge in [-0.05, 0) is 36.1 Å². The van der Waals surface area contributed by atoms with E-state index in [0.717, 1.165) is 12.1 Å². The first-order chi connectivity index (χ1) is 14.4. The summed E-state index contributed by atoms with van der Waals surface area (Å²) in [6, 6.07) is 3.22. The molecule has 0 aliphatic rings. The smallest absolute Gasteiger partial charge is 0.415 e. The first kappa shape index (κ1) is 23.9. The summed E-state index contributed by atoms with van der Waals surface area (Å²) in [6.45, 7) is 1.31. The van der Waals surface area contributed by atoms with Crippen molar-refractivity contribution in [3.8, 4) is 5.88 Å². The number of nitrogens with one attached hydrogen (secondary N) is 1. The van der Waals surface area contributed by atoms with Crippen molar-refractivity contribution in [3.63, 3.8) is 0 Å². The van der Waals surface area contributed by atoms with Gasteiger partial charge < -0.3 is 25.5 Å². The molecule has 0 spiro atoms. The number of carboxylic acid groups (broad SMARTS) is 2. The zero-order valence-corrected chi connectivity index (χ0v) is 17.3. The molecule has 2 rings (SSSR count). The fourth-order valence-corrected chi connectivity index (χ4v) is 3.75. The van der Waals surface area contributed by atoms with Crippen LogP contribution in [0.5, 0.6) is 5.88 Å². The van der Waals surface area contributed by atoms with Crippen molar-refractivity contribution >= 4 is 39.3 Å². The maximum absolute atomic E-state index is 12.7. The molecule has 0 aliphatic heterocycles. The Morgan fingerprint density at radius 3 is 2.42 bits per heavy atom. The second-order valence-corrected chi connectivity index (χ2v) is 8.49. The van der Waals surface area contributed by atoms with E-state index in [2.05, 4.69) is 9.79 Å². The van der Waals surface area contributed by atoms with Gasteiger partial charge in [-0.25, -0.2) is 13.2 Å². The zero-order valence-electron chi connectivity index (χ0n) is 15.7. The van der Waals surface area contributed by atoms with E-state index in [4.69, 9.17) is 26.6 Å². The molecule has 0 fully saturated rings. The first-order valence-electron chi connectivity index (χ1n) is 8.42. The number of benzene rings is 1. The predicted octanol–water partition coefficient (Wildman–Crippen LogP) is -0.00430. The molecule has 0 bridgehead atoms. The fraction of sp³-hybridized carbons (Fsp3) is 0.312. The molecule has 0 saturated heterocycles. The summed E-state index contributed by atoms with van der Waals surface area (Å²) in [4.78, 5) is 33.0. The highest BCUT2D eigenvalue weighted by Crippen LogP contribution is 2.27. The number of hydrogen-bond acceptors (Lipinski definition) is 9. The molecule has 1 heterocycles. The highest BCUT2D eigenvalue weighted by atomic mass is 35.5. The number of carbonyl (C=O) groups excluding carboxylic acids is 1. The van der Waals surface area contributed by atoms with Gasteiger partial charge in [-0.1, -0.05) is 11.6 Å². The Labute approximate surface area is 179 Å². The molecule has 13 nitrogen and oxygen atoms in total. The van der Waals surface area contributed by atoms with Crippen LogP contribution in [0.25, 0.3) is 0 Å². The molecular formula is C16H16ClN3O10S. The van der Waals surface area contributed by atoms with Crippen LogP contribution < -0.4 is 15.0 Å². The molecule has 3 N–H and O–H groups in total. The zero-order chi connectivity index (χ0) is 23.3. The molecular weight excluding hydrogens is 462 g/mol. The number of sulfone groups is 1. The monoisotopic (exact) mass is 477 g/mol. The van der Waals surface area contributed by atoms with Crippen LogP contribution in [-0.4, -0.2) is 53.8 Å². The predicted molar refractivity (Wildman–Crippen MR) is 98.9 cm³/mol. The van der Waals surface area contributed by atoms with E-state index >= 15 is 0 Å². The number of aromatic nitrogens is 2. The summed E-state index contributed by atoms with van der Waals surface area (Å²) in [5.41, 5.74) is 0. The standard InChI is InChI=1S/C16H16ClN3O10S/c1-8(6-12(21)18-11(16(24)25)7-13(22)23)29-14-15(20(26)30-19-14)31(27,28)10-4-2-9(17)3-5-10/h2-5,8,11H,6-7H2,1H3,(H,18,21)(H,22,23)(H,24,25)/t8?,11-/m0/s1. The number of carbonyl (C=O) groups is 3. The van der Waals surface area contributed by atoms with Crippen LogP contribution in [0.4, 0.5) is 0 Å². The number of amides is 1. The number of rotatable bonds is 10. The van der Waals surface area contributed by atoms with Crippen molar-refractivity contribution in [1.29, 1.82) is 0 Å². The van der Waals surface area contributed by atoms with Gasteiger partial charge in [0.25, 0.3) is 9.84 Å². The Morgan fingerprint density at radius 2 is 1.87 bits per heavy atom. The van der Waals surface area contributed by atoms with E-state index in [-0.39, 0.29) is 14.8 Å². The van der Waals surface area contributed by atoms with Gasteiger partial charge in [0, 0.05) is 5.02 Å². The van der Waals surface area contributed by atoms with Crippen LogP contribution >= 0.6 is 11.6 Å². The summed E-state index contributed by atoms with van der Waals surface area (Å²) in [6.07, 6.45) is -2.45. The Morgan fingerprint density at radius 1 is 1.26 bits per heavy atom. The Balaban J connectivity index is 2.15. The molecule has 0 saturated carbocycles. The van der Waals surface area contributed by atoms with Crippen LogP contribution in [0, 0.1) is 5.21 Å². The molecule has 1 unspecified atom stereocenters. The third-order valence-electron chi connectivity index (χ3n) is 3.72. The Hall–Kier alpha value is -3.39. The summed E-state index contributed by atoms with van der Waals surface area (Å²) in [5, 5.41) is 34.0. The van der Waals surface area contributed by atoms with Gasteiger partial charge in [-0.3, -0.25) is 14.2 Å². The van der Waals surface area contributed by atoms with Crippen molar-refractivity contribution in [1.82, 2.24) is 10.5 Å². The highest BCUT2D eigenvalue weighted by molar-refractivity contribution is 7.91. The quantitative estimate of drug-likeness (QED) is 0.388. The highest BCUT2D eigenvalue weighted by Gasteiger charge is 2.37. The fourth-order valence-electron chi connectivity index (χ4n) is 2.36. The minimum Gasteiger partial charge on any atom is -0.481 e. The second kappa shape index (κ2) is 9.61. The molecule has 1 aromatic carbocycles. The lowest BCUT2D eigenvalue weighted by atomic mass is 10.2. The van der Waals surface area contributed by atoms with E-state index in [1.54, 1.807) is 0 Å². The van der Waals surface area contributed by atoms with Gasteiger partial charge in [-0.2, -0.15) is 0 Å². The third-order valence-corrected chi connectivity index (χ3v) is 5.70. The lowest BCUT2D eigenvalue weighted by Crippen LogP contribution is -2.43. The summed E-state index contributed by atoms with van der Waals surface area (Å²) in [7, 11) is -4.42. The number of hydrogen-bond donors (Lipinski definition) is 3. The van der Waals surface area contributed by atoms with Crippen LogP contribution in [0.3, 0.4) is 0 Å². The number of nitrogens with zero attached hydrogens (tertiary/aromatic N) is 2. The average Bonchev–Trinajstić information content (AvgIpc) is 3.01. The molecule has 31 heavy (non-hydrogen) atoms. The van der Waals surface area contributed by atoms with Gasteiger partial charge in [0.1, 0.15) is 12.1 Å². The van der Waals surface area contributed by atoms with Gasteiger partial charge >= 0.3 is 22.8 Å². The van der Waals surface area contributed by atoms with Crippen LogP contribution in [0.1, 0.15) is 19.8 Å². The van der Waals surface area contributed by atoms with E-state index in [1.807, 2.05) is 5.32 Å². The molecule has 0 aliphatic carbocycles. The molecule has 1 amide bonds. The minimum atomic E-state index is -4.42. The summed E-state index contributed by atoms with van der Waals surface area (Å²) in [5.74, 6) is -4.59. The van der Waals surface area contributed by atoms with Gasteiger partial charge in [-0.15, -0.1) is 0 Å². The third kappa shape index (κ3) is 6.05. The van der Waals surface area contributed by atoms with Crippen LogP contribution in [0.15, 0.2) is 38.8 Å². The average molecular weight is 478 g/mol.